The molecule has 0 radical (unpaired) electrons. The predicted octanol–water partition coefficient (Wildman–Crippen LogP) is 7.74. The van der Waals surface area contributed by atoms with E-state index in [2.05, 4.69) is 185 Å². The first-order valence-electron chi connectivity index (χ1n) is 26.9. The lowest BCUT2D eigenvalue weighted by Gasteiger charge is -2.29. The Morgan fingerprint density at radius 2 is 0.789 bits per heavy atom. The van der Waals surface area contributed by atoms with Gasteiger partial charge in [0.2, 0.25) is 0 Å². The highest BCUT2D eigenvalue weighted by Gasteiger charge is 2.22. The van der Waals surface area contributed by atoms with Crippen LogP contribution in [0.15, 0.2) is 115 Å². The van der Waals surface area contributed by atoms with Gasteiger partial charge < -0.3 is 43.8 Å². The number of nitrogens with zero attached hydrogens (tertiary/aromatic N) is 9. The summed E-state index contributed by atoms with van der Waals surface area (Å²) in [6.07, 6.45) is 0.917. The number of esters is 2. The molecule has 5 aromatic rings. The molecule has 412 valence electrons. The molecule has 0 saturated heterocycles. The third-order valence-corrected chi connectivity index (χ3v) is 13.7. The number of hydrogen-bond donors (Lipinski definition) is 0. The van der Waals surface area contributed by atoms with Gasteiger partial charge >= 0.3 is 11.9 Å². The Morgan fingerprint density at radius 3 is 1.09 bits per heavy atom. The Balaban J connectivity index is 0.000000262. The van der Waals surface area contributed by atoms with Crippen molar-refractivity contribution in [2.45, 2.75) is 45.9 Å². The summed E-state index contributed by atoms with van der Waals surface area (Å²) in [6, 6.07) is 41.5. The molecule has 0 spiro atoms. The zero-order valence-corrected chi connectivity index (χ0v) is 48.0. The van der Waals surface area contributed by atoms with Gasteiger partial charge in [-0.25, -0.2) is 0 Å². The summed E-state index contributed by atoms with van der Waals surface area (Å²) in [5.41, 5.74) is 13.2. The highest BCUT2D eigenvalue weighted by Crippen LogP contribution is 2.35. The van der Waals surface area contributed by atoms with Crippen LogP contribution in [0, 0.1) is 0 Å². The van der Waals surface area contributed by atoms with E-state index in [-0.39, 0.29) is 17.9 Å². The molecule has 0 fully saturated rings. The second-order valence-electron chi connectivity index (χ2n) is 21.0. The molecule has 76 heavy (non-hydrogen) atoms. The SMILES string of the molecule is CCOC(=O)CN1CCN(C)Cc2cc(C=O)cc(c2)CN(C)CC1.CCOC(=O)CN1CCN(C)Cc2cc(cc(C(c3ccc(N(C)C)cc3)c3ccc(N(C)C)cc3)c2)CN(C)CC1.CN(C)c1ccccc1. The minimum atomic E-state index is -0.166. The molecule has 0 aromatic heterocycles. The van der Waals surface area contributed by atoms with Crippen molar-refractivity contribution in [2.24, 2.45) is 0 Å². The smallest absolute Gasteiger partial charge is 0.320 e. The van der Waals surface area contributed by atoms with Crippen molar-refractivity contribution in [2.75, 3.05) is 164 Å². The van der Waals surface area contributed by atoms with E-state index in [0.717, 1.165) is 102 Å². The average Bonchev–Trinajstić information content (AvgIpc) is 3.38. The largest absolute Gasteiger partial charge is 0.465 e. The van der Waals surface area contributed by atoms with Crippen molar-refractivity contribution >= 4 is 35.3 Å². The molecule has 7 rings (SSSR count). The van der Waals surface area contributed by atoms with Crippen LogP contribution >= 0.6 is 0 Å². The van der Waals surface area contributed by atoms with Crippen LogP contribution in [0.1, 0.15) is 69.1 Å². The molecule has 0 N–H and O–H groups in total. The van der Waals surface area contributed by atoms with E-state index in [1.807, 2.05) is 58.3 Å². The fourth-order valence-electron chi connectivity index (χ4n) is 9.55. The van der Waals surface area contributed by atoms with E-state index < -0.39 is 0 Å². The number of para-hydroxylation sites is 1. The molecule has 14 heteroatoms. The van der Waals surface area contributed by atoms with Crippen LogP contribution in [-0.2, 0) is 45.2 Å². The monoisotopic (exact) mass is 1040 g/mol. The molecule has 2 aliphatic rings. The summed E-state index contributed by atoms with van der Waals surface area (Å²) in [5.74, 6) is -0.187. The zero-order chi connectivity index (χ0) is 55.1. The van der Waals surface area contributed by atoms with Crippen molar-refractivity contribution < 1.29 is 23.9 Å². The molecule has 0 saturated carbocycles. The fourth-order valence-corrected chi connectivity index (χ4v) is 9.55. The number of benzene rings is 5. The highest BCUT2D eigenvalue weighted by molar-refractivity contribution is 5.75. The lowest BCUT2D eigenvalue weighted by molar-refractivity contribution is -0.145. The summed E-state index contributed by atoms with van der Waals surface area (Å²) < 4.78 is 10.3. The Kier molecular flexibility index (Phi) is 24.9. The van der Waals surface area contributed by atoms with Crippen molar-refractivity contribution in [1.29, 1.82) is 0 Å². The van der Waals surface area contributed by atoms with E-state index in [9.17, 15) is 14.4 Å². The Hall–Kier alpha value is -6.13. The minimum absolute atomic E-state index is 0.125. The molecule has 5 aromatic carbocycles. The standard InChI is InChI=1S/C35H49N5O2.C19H29N3O3.C8H11N/c1-8-42-34(41)26-40-19-17-38(6)24-27-21-28(25-39(7)18-20-40)23-31(22-27)35(29-9-13-32(14-10-29)36(2)3)30-11-15-33(16-12-30)37(4)5;1-4-25-19(24)14-22-7-5-20(2)12-16-9-17(11-18(10-16)15-23)13-21(3)6-8-22;1-9(2)8-6-4-3-5-7-8/h9-16,21-23,35H,8,17-20,24-26H2,1-7H3;9-11,15H,4-8,12-14H2,1-3H3;3-7H,1-2H3. The first-order valence-corrected chi connectivity index (χ1v) is 26.9. The molecule has 0 unspecified atom stereocenters. The van der Waals surface area contributed by atoms with E-state index in [1.54, 1.807) is 0 Å². The van der Waals surface area contributed by atoms with Crippen molar-refractivity contribution in [3.8, 4) is 0 Å². The van der Waals surface area contributed by atoms with Gasteiger partial charge in [-0.3, -0.25) is 24.2 Å². The number of carbonyl (C=O) groups is 3. The van der Waals surface area contributed by atoms with Gasteiger partial charge in [0.15, 0.2) is 0 Å². The molecular weight excluding hydrogens is 951 g/mol. The topological polar surface area (TPSA) is 98.8 Å². The lowest BCUT2D eigenvalue weighted by atomic mass is 9.83. The number of ether oxygens (including phenoxy) is 2. The molecule has 0 amide bonds. The van der Waals surface area contributed by atoms with Gasteiger partial charge in [0.25, 0.3) is 0 Å². The van der Waals surface area contributed by atoms with Gasteiger partial charge in [-0.05, 0) is 130 Å². The van der Waals surface area contributed by atoms with Gasteiger partial charge in [0, 0.05) is 149 Å². The van der Waals surface area contributed by atoms with Crippen LogP contribution in [0.5, 0.6) is 0 Å². The van der Waals surface area contributed by atoms with E-state index in [1.165, 1.54) is 44.9 Å². The second kappa shape index (κ2) is 31.2. The van der Waals surface area contributed by atoms with Crippen LogP contribution in [0.4, 0.5) is 17.1 Å². The quantitative estimate of drug-likeness (QED) is 0.0654. The van der Waals surface area contributed by atoms with Gasteiger partial charge in [-0.15, -0.1) is 0 Å². The maximum absolute atomic E-state index is 12.2. The summed E-state index contributed by atoms with van der Waals surface area (Å²) in [7, 11) is 20.9. The summed E-state index contributed by atoms with van der Waals surface area (Å²) in [6.45, 7) is 15.2. The minimum Gasteiger partial charge on any atom is -0.465 e. The fraction of sp³-hybridized carbons (Fsp3) is 0.468. The molecule has 0 aliphatic carbocycles. The average molecular weight is 1040 g/mol. The predicted molar refractivity (Wildman–Crippen MR) is 313 cm³/mol. The summed E-state index contributed by atoms with van der Waals surface area (Å²) >= 11 is 0. The van der Waals surface area contributed by atoms with Crippen molar-refractivity contribution in [1.82, 2.24) is 29.4 Å². The molecular formula is C62H89N9O5. The number of aldehydes is 1. The number of hydrogen-bond acceptors (Lipinski definition) is 14. The van der Waals surface area contributed by atoms with Crippen LogP contribution in [0.3, 0.4) is 0 Å². The normalized spacial score (nSPS) is 15.7. The molecule has 14 nitrogen and oxygen atoms in total. The Bertz CT molecular complexity index is 2400. The zero-order valence-electron chi connectivity index (χ0n) is 48.0. The number of fused-ring (bicyclic) bond motifs is 4. The van der Waals surface area contributed by atoms with E-state index in [0.29, 0.717) is 26.3 Å². The van der Waals surface area contributed by atoms with Crippen molar-refractivity contribution in [3.63, 3.8) is 0 Å². The van der Waals surface area contributed by atoms with E-state index in [4.69, 9.17) is 9.47 Å². The Morgan fingerprint density at radius 1 is 0.461 bits per heavy atom. The third kappa shape index (κ3) is 20.4. The molecule has 2 aliphatic heterocycles. The summed E-state index contributed by atoms with van der Waals surface area (Å²) in [4.78, 5) is 55.2. The second-order valence-corrected chi connectivity index (χ2v) is 21.0. The first kappa shape index (κ1) is 60.7. The van der Waals surface area contributed by atoms with E-state index >= 15 is 0 Å². The molecule has 2 heterocycles. The van der Waals surface area contributed by atoms with Crippen LogP contribution in [0.2, 0.25) is 0 Å². The van der Waals surface area contributed by atoms with Gasteiger partial charge in [-0.2, -0.15) is 0 Å². The number of anilines is 3. The maximum Gasteiger partial charge on any atom is 0.320 e. The molecule has 0 atom stereocenters. The van der Waals surface area contributed by atoms with Gasteiger partial charge in [-0.1, -0.05) is 66.7 Å². The maximum atomic E-state index is 12.2. The summed E-state index contributed by atoms with van der Waals surface area (Å²) in [5, 5.41) is 0. The van der Waals surface area contributed by atoms with Crippen LogP contribution < -0.4 is 14.7 Å². The van der Waals surface area contributed by atoms with Gasteiger partial charge in [0.1, 0.15) is 6.29 Å². The number of likely N-dealkylation sites (N-methyl/N-ethyl adjacent to an activating group) is 4. The van der Waals surface area contributed by atoms with Crippen LogP contribution in [-0.4, -0.2) is 197 Å². The molecule has 4 bridgehead atoms. The highest BCUT2D eigenvalue weighted by atomic mass is 16.5. The Labute approximate surface area is 456 Å². The lowest BCUT2D eigenvalue weighted by Crippen LogP contribution is -2.41. The third-order valence-electron chi connectivity index (χ3n) is 13.7. The first-order chi connectivity index (χ1) is 36.4. The number of rotatable bonds is 13. The number of carbonyl (C=O) groups excluding carboxylic acids is 3. The van der Waals surface area contributed by atoms with Crippen molar-refractivity contribution in [3.05, 3.63) is 160 Å². The van der Waals surface area contributed by atoms with Gasteiger partial charge in [0.05, 0.1) is 26.3 Å². The van der Waals surface area contributed by atoms with Crippen LogP contribution in [0.25, 0.3) is 0 Å².